The van der Waals surface area contributed by atoms with Gasteiger partial charge in [0.15, 0.2) is 0 Å². The first-order valence-corrected chi connectivity index (χ1v) is 7.47. The average Bonchev–Trinajstić information content (AvgIpc) is 2.66. The molecule has 0 aliphatic rings. The molecule has 0 fully saturated rings. The molecule has 1 atom stereocenters. The number of hydrogen-bond donors (Lipinski definition) is 2. The van der Waals surface area contributed by atoms with Gasteiger partial charge in [-0.15, -0.1) is 11.3 Å². The predicted molar refractivity (Wildman–Crippen MR) is 81.7 cm³/mol. The molecular formula is C13H13BrClNOS. The largest absolute Gasteiger partial charge is 0.394 e. The summed E-state index contributed by atoms with van der Waals surface area (Å²) in [7, 11) is 0. The summed E-state index contributed by atoms with van der Waals surface area (Å²) >= 11 is 11.1. The molecule has 5 heteroatoms. The highest BCUT2D eigenvalue weighted by Gasteiger charge is 2.14. The molecule has 0 aliphatic carbocycles. The van der Waals surface area contributed by atoms with Crippen molar-refractivity contribution in [3.05, 3.63) is 49.6 Å². The fourth-order valence-corrected chi connectivity index (χ4v) is 3.43. The maximum Gasteiger partial charge on any atom is 0.0838 e. The lowest BCUT2D eigenvalue weighted by Crippen LogP contribution is -2.13. The Bertz CT molecular complexity index is 524. The Hall–Kier alpha value is -0.550. The van der Waals surface area contributed by atoms with Crippen molar-refractivity contribution in [2.45, 2.75) is 13.0 Å². The molecule has 96 valence electrons. The van der Waals surface area contributed by atoms with Crippen LogP contribution < -0.4 is 5.32 Å². The zero-order valence-electron chi connectivity index (χ0n) is 9.78. The monoisotopic (exact) mass is 345 g/mol. The minimum absolute atomic E-state index is 0.0406. The second-order valence-corrected chi connectivity index (χ2v) is 6.52. The van der Waals surface area contributed by atoms with E-state index in [9.17, 15) is 5.11 Å². The lowest BCUT2D eigenvalue weighted by Gasteiger charge is -2.16. The van der Waals surface area contributed by atoms with Crippen molar-refractivity contribution in [1.82, 2.24) is 0 Å². The molecule has 18 heavy (non-hydrogen) atoms. The summed E-state index contributed by atoms with van der Waals surface area (Å²) in [6, 6.07) is 9.42. The smallest absolute Gasteiger partial charge is 0.0838 e. The zero-order valence-corrected chi connectivity index (χ0v) is 12.9. The van der Waals surface area contributed by atoms with Crippen LogP contribution in [0.15, 0.2) is 34.8 Å². The standard InChI is InChI=1S/C13H13BrClNOS/c1-8-11(14)6-13(18-8)12(7-17)16-10-4-2-3-9(15)5-10/h2-6,12,16-17H,7H2,1H3. The van der Waals surface area contributed by atoms with Crippen LogP contribution in [-0.4, -0.2) is 11.7 Å². The average molecular weight is 347 g/mol. The molecule has 2 aromatic rings. The summed E-state index contributed by atoms with van der Waals surface area (Å²) in [6.07, 6.45) is 0. The molecule has 1 unspecified atom stereocenters. The molecule has 2 rings (SSSR count). The first-order valence-electron chi connectivity index (χ1n) is 5.49. The van der Waals surface area contributed by atoms with E-state index >= 15 is 0 Å². The molecule has 2 nitrogen and oxygen atoms in total. The normalized spacial score (nSPS) is 12.4. The van der Waals surface area contributed by atoms with Gasteiger partial charge in [0.25, 0.3) is 0 Å². The molecule has 1 aromatic heterocycles. The fraction of sp³-hybridized carbons (Fsp3) is 0.231. The van der Waals surface area contributed by atoms with Gasteiger partial charge in [0.05, 0.1) is 12.6 Å². The van der Waals surface area contributed by atoms with Crippen molar-refractivity contribution in [2.75, 3.05) is 11.9 Å². The van der Waals surface area contributed by atoms with Gasteiger partial charge in [-0.25, -0.2) is 0 Å². The summed E-state index contributed by atoms with van der Waals surface area (Å²) in [6.45, 7) is 2.09. The number of aliphatic hydroxyl groups is 1. The number of nitrogens with one attached hydrogen (secondary N) is 1. The quantitative estimate of drug-likeness (QED) is 0.847. The van der Waals surface area contributed by atoms with Crippen molar-refractivity contribution in [2.24, 2.45) is 0 Å². The molecular weight excluding hydrogens is 334 g/mol. The number of hydrogen-bond acceptors (Lipinski definition) is 3. The Balaban J connectivity index is 2.19. The van der Waals surface area contributed by atoms with Gasteiger partial charge in [-0.05, 0) is 47.1 Å². The Labute approximate surface area is 124 Å². The van der Waals surface area contributed by atoms with Gasteiger partial charge in [0, 0.05) is 24.9 Å². The Morgan fingerprint density at radius 1 is 1.44 bits per heavy atom. The summed E-state index contributed by atoms with van der Waals surface area (Å²) in [5.41, 5.74) is 0.906. The van der Waals surface area contributed by atoms with Crippen molar-refractivity contribution in [1.29, 1.82) is 0 Å². The molecule has 0 spiro atoms. The van der Waals surface area contributed by atoms with Crippen LogP contribution in [0.5, 0.6) is 0 Å². The highest BCUT2D eigenvalue weighted by atomic mass is 79.9. The van der Waals surface area contributed by atoms with E-state index in [4.69, 9.17) is 11.6 Å². The van der Waals surface area contributed by atoms with Crippen LogP contribution in [0, 0.1) is 6.92 Å². The summed E-state index contributed by atoms with van der Waals surface area (Å²) in [4.78, 5) is 2.30. The van der Waals surface area contributed by atoms with Crippen LogP contribution in [0.25, 0.3) is 0 Å². The number of thiophene rings is 1. The van der Waals surface area contributed by atoms with Crippen LogP contribution in [0.2, 0.25) is 5.02 Å². The van der Waals surface area contributed by atoms with Crippen LogP contribution in [0.3, 0.4) is 0 Å². The maximum atomic E-state index is 9.51. The number of aryl methyl sites for hydroxylation is 1. The molecule has 0 saturated carbocycles. The maximum absolute atomic E-state index is 9.51. The molecule has 0 radical (unpaired) electrons. The topological polar surface area (TPSA) is 32.3 Å². The van der Waals surface area contributed by atoms with Crippen LogP contribution in [-0.2, 0) is 0 Å². The van der Waals surface area contributed by atoms with E-state index in [2.05, 4.69) is 21.2 Å². The predicted octanol–water partition coefficient (Wildman–Crippen LogP) is 4.62. The lowest BCUT2D eigenvalue weighted by molar-refractivity contribution is 0.278. The minimum atomic E-state index is -0.113. The lowest BCUT2D eigenvalue weighted by atomic mass is 10.2. The van der Waals surface area contributed by atoms with E-state index in [0.717, 1.165) is 15.0 Å². The molecule has 0 saturated heterocycles. The van der Waals surface area contributed by atoms with E-state index in [1.165, 1.54) is 4.88 Å². The van der Waals surface area contributed by atoms with Gasteiger partial charge in [-0.1, -0.05) is 17.7 Å². The van der Waals surface area contributed by atoms with E-state index in [1.807, 2.05) is 37.3 Å². The molecule has 0 amide bonds. The van der Waals surface area contributed by atoms with Gasteiger partial charge in [-0.3, -0.25) is 0 Å². The molecule has 1 aromatic carbocycles. The van der Waals surface area contributed by atoms with Crippen LogP contribution in [0.1, 0.15) is 15.8 Å². The van der Waals surface area contributed by atoms with Gasteiger partial charge < -0.3 is 10.4 Å². The number of rotatable bonds is 4. The van der Waals surface area contributed by atoms with Crippen LogP contribution >= 0.6 is 38.9 Å². The third-order valence-electron chi connectivity index (χ3n) is 2.57. The Morgan fingerprint density at radius 3 is 2.78 bits per heavy atom. The number of benzene rings is 1. The van der Waals surface area contributed by atoms with E-state index in [1.54, 1.807) is 11.3 Å². The molecule has 0 aliphatic heterocycles. The van der Waals surface area contributed by atoms with Crippen molar-refractivity contribution >= 4 is 44.6 Å². The van der Waals surface area contributed by atoms with Crippen molar-refractivity contribution < 1.29 is 5.11 Å². The van der Waals surface area contributed by atoms with E-state index < -0.39 is 0 Å². The van der Waals surface area contributed by atoms with Gasteiger partial charge in [0.2, 0.25) is 0 Å². The highest BCUT2D eigenvalue weighted by molar-refractivity contribution is 9.10. The Morgan fingerprint density at radius 2 is 2.22 bits per heavy atom. The second kappa shape index (κ2) is 6.06. The first kappa shape index (κ1) is 13.9. The Kier molecular flexibility index (Phi) is 4.67. The summed E-state index contributed by atoms with van der Waals surface area (Å²) in [5, 5.41) is 13.5. The number of halogens is 2. The first-order chi connectivity index (χ1) is 8.60. The molecule has 2 N–H and O–H groups in total. The zero-order chi connectivity index (χ0) is 13.1. The summed E-state index contributed by atoms with van der Waals surface area (Å²) < 4.78 is 1.08. The minimum Gasteiger partial charge on any atom is -0.394 e. The summed E-state index contributed by atoms with van der Waals surface area (Å²) in [5.74, 6) is 0. The van der Waals surface area contributed by atoms with Gasteiger partial charge in [0.1, 0.15) is 0 Å². The fourth-order valence-electron chi connectivity index (χ4n) is 1.64. The van der Waals surface area contributed by atoms with E-state index in [-0.39, 0.29) is 12.6 Å². The van der Waals surface area contributed by atoms with E-state index in [0.29, 0.717) is 5.02 Å². The van der Waals surface area contributed by atoms with Crippen molar-refractivity contribution in [3.8, 4) is 0 Å². The van der Waals surface area contributed by atoms with Gasteiger partial charge >= 0.3 is 0 Å². The third-order valence-corrected chi connectivity index (χ3v) is 5.05. The molecule has 1 heterocycles. The second-order valence-electron chi connectivity index (χ2n) is 3.94. The highest BCUT2D eigenvalue weighted by Crippen LogP contribution is 2.32. The SMILES string of the molecule is Cc1sc(C(CO)Nc2cccc(Cl)c2)cc1Br. The van der Waals surface area contributed by atoms with Gasteiger partial charge in [-0.2, -0.15) is 0 Å². The van der Waals surface area contributed by atoms with Crippen LogP contribution in [0.4, 0.5) is 5.69 Å². The number of aliphatic hydroxyl groups excluding tert-OH is 1. The molecule has 0 bridgehead atoms. The van der Waals surface area contributed by atoms with Crippen molar-refractivity contribution in [3.63, 3.8) is 0 Å². The number of anilines is 1. The third kappa shape index (κ3) is 3.26.